The highest BCUT2D eigenvalue weighted by Crippen LogP contribution is 2.08. The molecule has 3 rings (SSSR count). The van der Waals surface area contributed by atoms with Crippen molar-refractivity contribution in [2.45, 2.75) is 25.9 Å². The maximum atomic E-state index is 12.7. The van der Waals surface area contributed by atoms with Crippen LogP contribution in [0, 0.1) is 6.92 Å². The Bertz CT molecular complexity index is 872. The lowest BCUT2D eigenvalue weighted by molar-refractivity contribution is -0.123. The highest BCUT2D eigenvalue weighted by atomic mass is 16.3. The summed E-state index contributed by atoms with van der Waals surface area (Å²) >= 11 is 0. The summed E-state index contributed by atoms with van der Waals surface area (Å²) in [6.07, 6.45) is 1.96. The van der Waals surface area contributed by atoms with E-state index in [2.05, 4.69) is 10.6 Å². The van der Waals surface area contributed by atoms with E-state index >= 15 is 0 Å². The maximum absolute atomic E-state index is 12.7. The van der Waals surface area contributed by atoms with Crippen molar-refractivity contribution in [3.8, 4) is 0 Å². The Hall–Kier alpha value is -3.34. The third-order valence-electron chi connectivity index (χ3n) is 4.24. The van der Waals surface area contributed by atoms with E-state index in [0.29, 0.717) is 17.7 Å². The summed E-state index contributed by atoms with van der Waals surface area (Å²) in [7, 11) is 0. The molecule has 27 heavy (non-hydrogen) atoms. The SMILES string of the molecule is Cc1ccc(C(=O)N[C@@H](Cc2ccccc2)C(=O)NCc2ccco2)cc1. The van der Waals surface area contributed by atoms with Crippen LogP contribution in [0.15, 0.2) is 77.4 Å². The number of rotatable bonds is 7. The van der Waals surface area contributed by atoms with Gasteiger partial charge in [0.1, 0.15) is 11.8 Å². The monoisotopic (exact) mass is 362 g/mol. The molecule has 0 radical (unpaired) electrons. The topological polar surface area (TPSA) is 71.3 Å². The molecule has 0 bridgehead atoms. The fourth-order valence-electron chi connectivity index (χ4n) is 2.72. The van der Waals surface area contributed by atoms with Crippen LogP contribution in [-0.4, -0.2) is 17.9 Å². The molecule has 138 valence electrons. The lowest BCUT2D eigenvalue weighted by atomic mass is 10.0. The zero-order valence-electron chi connectivity index (χ0n) is 15.1. The molecule has 5 heteroatoms. The molecule has 2 amide bonds. The Morgan fingerprint density at radius 1 is 0.963 bits per heavy atom. The van der Waals surface area contributed by atoms with E-state index in [0.717, 1.165) is 11.1 Å². The zero-order chi connectivity index (χ0) is 19.1. The molecule has 0 aliphatic carbocycles. The largest absolute Gasteiger partial charge is 0.467 e. The van der Waals surface area contributed by atoms with Gasteiger partial charge >= 0.3 is 0 Å². The van der Waals surface area contributed by atoms with Gasteiger partial charge in [0.25, 0.3) is 5.91 Å². The molecule has 3 aromatic rings. The summed E-state index contributed by atoms with van der Waals surface area (Å²) in [5.41, 5.74) is 2.57. The quantitative estimate of drug-likeness (QED) is 0.678. The fraction of sp³-hybridized carbons (Fsp3) is 0.182. The van der Waals surface area contributed by atoms with Gasteiger partial charge in [0.15, 0.2) is 0 Å². The van der Waals surface area contributed by atoms with Crippen LogP contribution in [0.2, 0.25) is 0 Å². The molecule has 0 unspecified atom stereocenters. The molecule has 1 aromatic heterocycles. The molecular weight excluding hydrogens is 340 g/mol. The highest BCUT2D eigenvalue weighted by Gasteiger charge is 2.22. The Morgan fingerprint density at radius 3 is 2.37 bits per heavy atom. The minimum absolute atomic E-state index is 0.254. The van der Waals surface area contributed by atoms with E-state index < -0.39 is 6.04 Å². The predicted molar refractivity (Wildman–Crippen MR) is 103 cm³/mol. The number of furan rings is 1. The molecule has 0 fully saturated rings. The molecule has 5 nitrogen and oxygen atoms in total. The van der Waals surface area contributed by atoms with Crippen molar-refractivity contribution in [2.75, 3.05) is 0 Å². The third kappa shape index (κ3) is 5.31. The summed E-state index contributed by atoms with van der Waals surface area (Å²) in [6, 6.07) is 19.7. The van der Waals surface area contributed by atoms with E-state index in [1.165, 1.54) is 0 Å². The maximum Gasteiger partial charge on any atom is 0.251 e. The van der Waals surface area contributed by atoms with Gasteiger partial charge in [0.05, 0.1) is 12.8 Å². The minimum Gasteiger partial charge on any atom is -0.467 e. The van der Waals surface area contributed by atoms with Gasteiger partial charge in [-0.25, -0.2) is 0 Å². The molecule has 0 aliphatic rings. The number of nitrogens with one attached hydrogen (secondary N) is 2. The van der Waals surface area contributed by atoms with Gasteiger partial charge in [0.2, 0.25) is 5.91 Å². The molecular formula is C22H22N2O3. The molecule has 1 atom stereocenters. The van der Waals surface area contributed by atoms with Crippen LogP contribution in [0.3, 0.4) is 0 Å². The van der Waals surface area contributed by atoms with Gasteiger partial charge in [-0.15, -0.1) is 0 Å². The molecule has 0 saturated heterocycles. The Kier molecular flexibility index (Phi) is 6.05. The van der Waals surface area contributed by atoms with Crippen molar-refractivity contribution < 1.29 is 14.0 Å². The first kappa shape index (κ1) is 18.5. The Labute approximate surface area is 158 Å². The molecule has 0 saturated carbocycles. The first-order valence-corrected chi connectivity index (χ1v) is 8.83. The van der Waals surface area contributed by atoms with Crippen LogP contribution in [0.25, 0.3) is 0 Å². The predicted octanol–water partition coefficient (Wildman–Crippen LogP) is 3.25. The lowest BCUT2D eigenvalue weighted by Crippen LogP contribution is -2.47. The lowest BCUT2D eigenvalue weighted by Gasteiger charge is -2.18. The molecule has 0 aliphatic heterocycles. The second-order valence-electron chi connectivity index (χ2n) is 6.38. The van der Waals surface area contributed by atoms with Crippen molar-refractivity contribution in [1.29, 1.82) is 0 Å². The average Bonchev–Trinajstić information content (AvgIpc) is 3.20. The summed E-state index contributed by atoms with van der Waals surface area (Å²) in [5.74, 6) is 0.131. The van der Waals surface area contributed by atoms with Gasteiger partial charge < -0.3 is 15.1 Å². The van der Waals surface area contributed by atoms with Crippen molar-refractivity contribution in [2.24, 2.45) is 0 Å². The molecule has 2 N–H and O–H groups in total. The number of carbonyl (C=O) groups is 2. The molecule has 0 spiro atoms. The van der Waals surface area contributed by atoms with Crippen LogP contribution in [-0.2, 0) is 17.8 Å². The second kappa shape index (κ2) is 8.85. The van der Waals surface area contributed by atoms with Crippen molar-refractivity contribution >= 4 is 11.8 Å². The number of carbonyl (C=O) groups excluding carboxylic acids is 2. The van der Waals surface area contributed by atoms with E-state index in [9.17, 15) is 9.59 Å². The standard InChI is InChI=1S/C22H22N2O3/c1-16-9-11-18(12-10-16)21(25)24-20(14-17-6-3-2-4-7-17)22(26)23-15-19-8-5-13-27-19/h2-13,20H,14-15H2,1H3,(H,23,26)(H,24,25)/t20-/m0/s1. The van der Waals surface area contributed by atoms with Gasteiger partial charge in [0, 0.05) is 12.0 Å². The third-order valence-corrected chi connectivity index (χ3v) is 4.24. The van der Waals surface area contributed by atoms with Crippen LogP contribution >= 0.6 is 0 Å². The normalized spacial score (nSPS) is 11.6. The summed E-state index contributed by atoms with van der Waals surface area (Å²) in [4.78, 5) is 25.3. The Morgan fingerprint density at radius 2 is 1.70 bits per heavy atom. The van der Waals surface area contributed by atoms with Gasteiger partial charge in [-0.1, -0.05) is 48.0 Å². The smallest absolute Gasteiger partial charge is 0.251 e. The van der Waals surface area contributed by atoms with Gasteiger partial charge in [-0.05, 0) is 36.8 Å². The number of amides is 2. The number of hydrogen-bond acceptors (Lipinski definition) is 3. The minimum atomic E-state index is -0.684. The summed E-state index contributed by atoms with van der Waals surface area (Å²) in [6.45, 7) is 2.24. The second-order valence-corrected chi connectivity index (χ2v) is 6.38. The first-order chi connectivity index (χ1) is 13.1. The van der Waals surface area contributed by atoms with Crippen LogP contribution in [0.5, 0.6) is 0 Å². The highest BCUT2D eigenvalue weighted by molar-refractivity contribution is 5.97. The van der Waals surface area contributed by atoms with Crippen molar-refractivity contribution in [3.63, 3.8) is 0 Å². The average molecular weight is 362 g/mol. The van der Waals surface area contributed by atoms with Crippen LogP contribution < -0.4 is 10.6 Å². The first-order valence-electron chi connectivity index (χ1n) is 8.83. The molecule has 2 aromatic carbocycles. The zero-order valence-corrected chi connectivity index (χ0v) is 15.1. The van der Waals surface area contributed by atoms with Crippen molar-refractivity contribution in [1.82, 2.24) is 10.6 Å². The van der Waals surface area contributed by atoms with Crippen molar-refractivity contribution in [3.05, 3.63) is 95.4 Å². The van der Waals surface area contributed by atoms with Gasteiger partial charge in [-0.2, -0.15) is 0 Å². The Balaban J connectivity index is 1.70. The number of hydrogen-bond donors (Lipinski definition) is 2. The number of benzene rings is 2. The van der Waals surface area contributed by atoms with E-state index in [4.69, 9.17) is 4.42 Å². The summed E-state index contributed by atoms with van der Waals surface area (Å²) < 4.78 is 5.24. The van der Waals surface area contributed by atoms with Crippen LogP contribution in [0.4, 0.5) is 0 Å². The van der Waals surface area contributed by atoms with Crippen LogP contribution in [0.1, 0.15) is 27.2 Å². The van der Waals surface area contributed by atoms with E-state index in [-0.39, 0.29) is 18.4 Å². The summed E-state index contributed by atoms with van der Waals surface area (Å²) in [5, 5.41) is 5.67. The molecule has 1 heterocycles. The number of aryl methyl sites for hydroxylation is 1. The van der Waals surface area contributed by atoms with E-state index in [1.807, 2.05) is 49.4 Å². The van der Waals surface area contributed by atoms with E-state index in [1.54, 1.807) is 30.5 Å². The van der Waals surface area contributed by atoms with Gasteiger partial charge in [-0.3, -0.25) is 9.59 Å². The fourth-order valence-corrected chi connectivity index (χ4v) is 2.72.